The number of fused-ring (bicyclic) bond motifs is 1. The number of para-hydroxylation sites is 1. The van der Waals surface area contributed by atoms with E-state index in [0.29, 0.717) is 36.3 Å². The number of nitrogens with zero attached hydrogens (tertiary/aromatic N) is 4. The van der Waals surface area contributed by atoms with Crippen molar-refractivity contribution in [3.8, 4) is 5.75 Å². The number of benzene rings is 2. The van der Waals surface area contributed by atoms with Crippen molar-refractivity contribution < 1.29 is 23.1 Å². The Balaban J connectivity index is 1.39. The fourth-order valence-electron chi connectivity index (χ4n) is 4.08. The molecule has 2 heterocycles. The molecule has 0 aliphatic carbocycles. The van der Waals surface area contributed by atoms with Crippen LogP contribution in [0.5, 0.6) is 5.75 Å². The van der Waals surface area contributed by atoms with E-state index in [0.717, 1.165) is 30.5 Å². The van der Waals surface area contributed by atoms with E-state index in [9.17, 15) is 18.3 Å². The summed E-state index contributed by atoms with van der Waals surface area (Å²) in [5.41, 5.74) is 3.19. The van der Waals surface area contributed by atoms with Crippen LogP contribution in [-0.2, 0) is 21.2 Å². The van der Waals surface area contributed by atoms with Crippen molar-refractivity contribution in [2.75, 3.05) is 49.2 Å². The van der Waals surface area contributed by atoms with Crippen LogP contribution in [-0.4, -0.2) is 79.9 Å². The molecule has 0 radical (unpaired) electrons. The van der Waals surface area contributed by atoms with Crippen LogP contribution in [0.4, 0.5) is 11.4 Å². The minimum Gasteiger partial charge on any atom is -0.481 e. The quantitative estimate of drug-likeness (QED) is 0.455. The number of hydrogen-bond donors (Lipinski definition) is 2. The van der Waals surface area contributed by atoms with Crippen LogP contribution < -0.4 is 14.4 Å². The highest BCUT2D eigenvalue weighted by Gasteiger charge is 2.22. The van der Waals surface area contributed by atoms with Gasteiger partial charge in [-0.05, 0) is 36.6 Å². The smallest absolute Gasteiger partial charge is 0.260 e. The number of ether oxygens (including phenoxy) is 1. The summed E-state index contributed by atoms with van der Waals surface area (Å²) in [6.45, 7) is 1.75. The molecule has 2 aromatic carbocycles. The molecule has 1 aliphatic heterocycles. The van der Waals surface area contributed by atoms with Gasteiger partial charge in [0.15, 0.2) is 6.61 Å². The van der Waals surface area contributed by atoms with E-state index in [-0.39, 0.29) is 24.3 Å². The fraction of sp³-hybridized carbons (Fsp3) is 0.375. The highest BCUT2D eigenvalue weighted by atomic mass is 32.2. The maximum atomic E-state index is 12.7. The third-order valence-corrected chi connectivity index (χ3v) is 6.46. The molecule has 10 nitrogen and oxygen atoms in total. The van der Waals surface area contributed by atoms with Crippen molar-refractivity contribution in [3.63, 3.8) is 0 Å². The first-order chi connectivity index (χ1) is 16.7. The summed E-state index contributed by atoms with van der Waals surface area (Å²) in [5, 5.41) is 9.88. The number of β-amino-alcohol motifs (C(OH)–C–C–N with tert-alkyl or cyclic N) is 1. The summed E-state index contributed by atoms with van der Waals surface area (Å²) in [5.74, 6) is 0.140. The predicted octanol–water partition coefficient (Wildman–Crippen LogP) is 1.65. The Morgan fingerprint density at radius 3 is 2.66 bits per heavy atom. The van der Waals surface area contributed by atoms with Gasteiger partial charge in [0.25, 0.3) is 5.91 Å². The average Bonchev–Trinajstić information content (AvgIpc) is 3.27. The van der Waals surface area contributed by atoms with E-state index in [1.807, 2.05) is 24.3 Å². The monoisotopic (exact) mass is 499 g/mol. The maximum absolute atomic E-state index is 12.7. The number of amides is 1. The van der Waals surface area contributed by atoms with Crippen LogP contribution in [0, 0.1) is 0 Å². The van der Waals surface area contributed by atoms with Gasteiger partial charge in [0.05, 0.1) is 18.0 Å². The van der Waals surface area contributed by atoms with Gasteiger partial charge in [-0.3, -0.25) is 14.5 Å². The number of hydrogen-bond acceptors (Lipinski definition) is 8. The highest BCUT2D eigenvalue weighted by molar-refractivity contribution is 7.92. The molecule has 1 fully saturated rings. The molecule has 0 saturated carbocycles. The SMILES string of the molecule is CN(CCc1ccccc1N1CC[C@H](O)C1)C(=O)COc1ccc(NS(C)(=O)=O)c2nccnc12. The van der Waals surface area contributed by atoms with Gasteiger partial charge in [-0.2, -0.15) is 0 Å². The average molecular weight is 500 g/mol. The topological polar surface area (TPSA) is 125 Å². The minimum absolute atomic E-state index is 0.193. The summed E-state index contributed by atoms with van der Waals surface area (Å²) < 4.78 is 31.4. The molecule has 186 valence electrons. The van der Waals surface area contributed by atoms with Gasteiger partial charge >= 0.3 is 0 Å². The largest absolute Gasteiger partial charge is 0.481 e. The molecule has 2 N–H and O–H groups in total. The van der Waals surface area contributed by atoms with Crippen molar-refractivity contribution in [2.45, 2.75) is 18.9 Å². The summed E-state index contributed by atoms with van der Waals surface area (Å²) in [7, 11) is -1.77. The van der Waals surface area contributed by atoms with Crippen LogP contribution in [0.2, 0.25) is 0 Å². The molecule has 1 aromatic heterocycles. The lowest BCUT2D eigenvalue weighted by Crippen LogP contribution is -2.33. The van der Waals surface area contributed by atoms with Gasteiger partial charge in [0.2, 0.25) is 10.0 Å². The second-order valence-corrected chi connectivity index (χ2v) is 10.4. The number of rotatable bonds is 9. The molecular weight excluding hydrogens is 470 g/mol. The van der Waals surface area contributed by atoms with Gasteiger partial charge in [-0.15, -0.1) is 0 Å². The molecular formula is C24H29N5O5S. The van der Waals surface area contributed by atoms with Crippen LogP contribution in [0.1, 0.15) is 12.0 Å². The van der Waals surface area contributed by atoms with Crippen LogP contribution in [0.25, 0.3) is 11.0 Å². The number of carbonyl (C=O) groups excluding carboxylic acids is 1. The Morgan fingerprint density at radius 2 is 1.94 bits per heavy atom. The van der Waals surface area contributed by atoms with E-state index in [1.165, 1.54) is 18.5 Å². The molecule has 1 saturated heterocycles. The van der Waals surface area contributed by atoms with E-state index in [4.69, 9.17) is 4.74 Å². The zero-order valence-electron chi connectivity index (χ0n) is 19.7. The number of anilines is 2. The molecule has 3 aromatic rings. The van der Waals surface area contributed by atoms with Crippen LogP contribution in [0.3, 0.4) is 0 Å². The number of sulfonamides is 1. The molecule has 0 unspecified atom stereocenters. The van der Waals surface area contributed by atoms with Gasteiger partial charge < -0.3 is 19.6 Å². The van der Waals surface area contributed by atoms with Crippen molar-refractivity contribution in [1.82, 2.24) is 14.9 Å². The number of aliphatic hydroxyl groups is 1. The first-order valence-corrected chi connectivity index (χ1v) is 13.2. The van der Waals surface area contributed by atoms with E-state index in [2.05, 4.69) is 19.6 Å². The third-order valence-electron chi connectivity index (χ3n) is 5.87. The van der Waals surface area contributed by atoms with E-state index >= 15 is 0 Å². The van der Waals surface area contributed by atoms with E-state index < -0.39 is 10.0 Å². The lowest BCUT2D eigenvalue weighted by Gasteiger charge is -2.23. The second-order valence-electron chi connectivity index (χ2n) is 8.61. The molecule has 11 heteroatoms. The second kappa shape index (κ2) is 10.4. The number of aliphatic hydroxyl groups excluding tert-OH is 1. The predicted molar refractivity (Wildman–Crippen MR) is 134 cm³/mol. The first-order valence-electron chi connectivity index (χ1n) is 11.3. The van der Waals surface area contributed by atoms with Crippen LogP contribution in [0.15, 0.2) is 48.8 Å². The van der Waals surface area contributed by atoms with Gasteiger partial charge in [0.1, 0.15) is 16.8 Å². The Hall–Kier alpha value is -3.44. The third kappa shape index (κ3) is 6.17. The summed E-state index contributed by atoms with van der Waals surface area (Å²) in [4.78, 5) is 25.0. The fourth-order valence-corrected chi connectivity index (χ4v) is 4.65. The van der Waals surface area contributed by atoms with Gasteiger partial charge in [-0.25, -0.2) is 13.4 Å². The lowest BCUT2D eigenvalue weighted by molar-refractivity contribution is -0.132. The van der Waals surface area contributed by atoms with Crippen LogP contribution >= 0.6 is 0 Å². The lowest BCUT2D eigenvalue weighted by atomic mass is 10.1. The van der Waals surface area contributed by atoms with Crippen molar-refractivity contribution in [3.05, 3.63) is 54.4 Å². The molecule has 4 rings (SSSR count). The number of carbonyl (C=O) groups is 1. The normalized spacial score (nSPS) is 15.9. The molecule has 1 aliphatic rings. The number of likely N-dealkylation sites (N-methyl/N-ethyl adjacent to an activating group) is 1. The van der Waals surface area contributed by atoms with Crippen molar-refractivity contribution in [2.24, 2.45) is 0 Å². The van der Waals surface area contributed by atoms with E-state index in [1.54, 1.807) is 18.0 Å². The van der Waals surface area contributed by atoms with Gasteiger partial charge in [0, 0.05) is 44.8 Å². The zero-order chi connectivity index (χ0) is 25.0. The Bertz CT molecular complexity index is 1320. The van der Waals surface area contributed by atoms with Crippen molar-refractivity contribution >= 4 is 38.3 Å². The van der Waals surface area contributed by atoms with Gasteiger partial charge in [-0.1, -0.05) is 18.2 Å². The van der Waals surface area contributed by atoms with Crippen molar-refractivity contribution in [1.29, 1.82) is 0 Å². The Labute approximate surface area is 204 Å². The molecule has 1 amide bonds. The summed E-state index contributed by atoms with van der Waals surface area (Å²) >= 11 is 0. The Kier molecular flexibility index (Phi) is 7.37. The Morgan fingerprint density at radius 1 is 1.20 bits per heavy atom. The molecule has 1 atom stereocenters. The zero-order valence-corrected chi connectivity index (χ0v) is 20.5. The minimum atomic E-state index is -3.49. The summed E-state index contributed by atoms with van der Waals surface area (Å²) in [6.07, 6.45) is 5.12. The maximum Gasteiger partial charge on any atom is 0.260 e. The molecule has 0 bridgehead atoms. The number of aromatic nitrogens is 2. The molecule has 35 heavy (non-hydrogen) atoms. The standard InChI is InChI=1S/C24H29N5O5S/c1-28(13-9-17-5-3-4-6-20(17)29-14-10-18(30)15-29)22(31)16-34-21-8-7-19(27-35(2,32)33)23-24(21)26-12-11-25-23/h3-8,11-12,18,27,30H,9-10,13-16H2,1-2H3/t18-/m0/s1. The number of nitrogens with one attached hydrogen (secondary N) is 1. The first kappa shape index (κ1) is 24.7. The molecule has 0 spiro atoms. The summed E-state index contributed by atoms with van der Waals surface area (Å²) in [6, 6.07) is 11.2. The highest BCUT2D eigenvalue weighted by Crippen LogP contribution is 2.29.